The van der Waals surface area contributed by atoms with E-state index in [0.29, 0.717) is 10.6 Å². The van der Waals surface area contributed by atoms with Crippen LogP contribution in [0.1, 0.15) is 34.6 Å². The molecule has 2 aromatic carbocycles. The minimum Gasteiger partial charge on any atom is -0.345 e. The average molecular weight is 358 g/mol. The first-order chi connectivity index (χ1) is 12.0. The topological polar surface area (TPSA) is 46.9 Å². The second kappa shape index (κ2) is 7.07. The number of nitrogens with one attached hydrogen (secondary N) is 1. The van der Waals surface area contributed by atoms with Crippen LogP contribution in [0.4, 0.5) is 4.39 Å². The third kappa shape index (κ3) is 3.56. The van der Waals surface area contributed by atoms with Crippen LogP contribution in [0, 0.1) is 12.7 Å². The summed E-state index contributed by atoms with van der Waals surface area (Å²) in [6.45, 7) is 3.79. The van der Waals surface area contributed by atoms with Crippen LogP contribution in [0.2, 0.25) is 5.02 Å². The molecule has 0 spiro atoms. The van der Waals surface area contributed by atoms with Gasteiger partial charge in [-0.05, 0) is 50.2 Å². The fourth-order valence-electron chi connectivity index (χ4n) is 2.69. The molecular formula is C19H17ClFN3O. The fraction of sp³-hybridized carbons (Fsp3) is 0.158. The highest BCUT2D eigenvalue weighted by Crippen LogP contribution is 2.22. The summed E-state index contributed by atoms with van der Waals surface area (Å²) in [5.41, 5.74) is 2.94. The molecular weight excluding hydrogens is 341 g/mol. The molecule has 128 valence electrons. The largest absolute Gasteiger partial charge is 0.345 e. The van der Waals surface area contributed by atoms with Crippen LogP contribution in [0.5, 0.6) is 0 Å². The van der Waals surface area contributed by atoms with Crippen molar-refractivity contribution in [1.82, 2.24) is 15.1 Å². The van der Waals surface area contributed by atoms with Gasteiger partial charge in [-0.2, -0.15) is 5.10 Å². The van der Waals surface area contributed by atoms with Gasteiger partial charge in [-0.3, -0.25) is 4.79 Å². The van der Waals surface area contributed by atoms with Gasteiger partial charge in [-0.1, -0.05) is 23.7 Å². The molecule has 1 unspecified atom stereocenters. The molecule has 0 radical (unpaired) electrons. The molecule has 1 atom stereocenters. The van der Waals surface area contributed by atoms with E-state index >= 15 is 0 Å². The van der Waals surface area contributed by atoms with Crippen molar-refractivity contribution in [3.8, 4) is 5.69 Å². The Balaban J connectivity index is 1.81. The molecule has 1 aromatic heterocycles. The zero-order chi connectivity index (χ0) is 18.0. The molecule has 0 bridgehead atoms. The minimum atomic E-state index is -0.297. The van der Waals surface area contributed by atoms with Crippen molar-refractivity contribution in [3.05, 3.63) is 82.4 Å². The molecule has 0 saturated heterocycles. The first-order valence-electron chi connectivity index (χ1n) is 7.83. The van der Waals surface area contributed by atoms with Crippen LogP contribution in [0.25, 0.3) is 5.69 Å². The molecule has 3 rings (SSSR count). The predicted molar refractivity (Wildman–Crippen MR) is 95.6 cm³/mol. The quantitative estimate of drug-likeness (QED) is 0.749. The monoisotopic (exact) mass is 357 g/mol. The van der Waals surface area contributed by atoms with Crippen LogP contribution in [0.3, 0.4) is 0 Å². The Morgan fingerprint density at radius 1 is 1.20 bits per heavy atom. The van der Waals surface area contributed by atoms with Crippen molar-refractivity contribution in [2.24, 2.45) is 0 Å². The number of amides is 1. The van der Waals surface area contributed by atoms with E-state index in [2.05, 4.69) is 10.4 Å². The maximum atomic E-state index is 13.1. The zero-order valence-electron chi connectivity index (χ0n) is 13.8. The SMILES string of the molecule is Cc1c(C(C)NC(=O)c2ccccc2Cl)cnn1-c1ccc(F)cc1. The van der Waals surface area contributed by atoms with Crippen molar-refractivity contribution < 1.29 is 9.18 Å². The summed E-state index contributed by atoms with van der Waals surface area (Å²) in [7, 11) is 0. The van der Waals surface area contributed by atoms with Crippen molar-refractivity contribution in [2.75, 3.05) is 0 Å². The number of hydrogen-bond donors (Lipinski definition) is 1. The molecule has 1 N–H and O–H groups in total. The van der Waals surface area contributed by atoms with Gasteiger partial charge in [0.2, 0.25) is 0 Å². The molecule has 3 aromatic rings. The van der Waals surface area contributed by atoms with E-state index in [4.69, 9.17) is 11.6 Å². The first-order valence-corrected chi connectivity index (χ1v) is 8.21. The van der Waals surface area contributed by atoms with Gasteiger partial charge in [0.15, 0.2) is 0 Å². The van der Waals surface area contributed by atoms with E-state index in [-0.39, 0.29) is 17.8 Å². The highest BCUT2D eigenvalue weighted by molar-refractivity contribution is 6.33. The highest BCUT2D eigenvalue weighted by atomic mass is 35.5. The van der Waals surface area contributed by atoms with Gasteiger partial charge < -0.3 is 5.32 Å². The Labute approximate surface area is 150 Å². The maximum Gasteiger partial charge on any atom is 0.253 e. The van der Waals surface area contributed by atoms with Crippen molar-refractivity contribution in [2.45, 2.75) is 19.9 Å². The molecule has 4 nitrogen and oxygen atoms in total. The van der Waals surface area contributed by atoms with Gasteiger partial charge >= 0.3 is 0 Å². The van der Waals surface area contributed by atoms with Gasteiger partial charge in [0.05, 0.1) is 28.5 Å². The fourth-order valence-corrected chi connectivity index (χ4v) is 2.91. The van der Waals surface area contributed by atoms with E-state index in [9.17, 15) is 9.18 Å². The predicted octanol–water partition coefficient (Wildman–Crippen LogP) is 4.46. The summed E-state index contributed by atoms with van der Waals surface area (Å²) < 4.78 is 14.8. The standard InChI is InChI=1S/C19H17ClFN3O/c1-12(23-19(25)16-5-3-4-6-18(16)20)17-11-22-24(13(17)2)15-9-7-14(21)8-10-15/h3-12H,1-2H3,(H,23,25). The Kier molecular flexibility index (Phi) is 4.86. The van der Waals surface area contributed by atoms with E-state index in [1.165, 1.54) is 12.1 Å². The normalized spacial score (nSPS) is 12.0. The van der Waals surface area contributed by atoms with Gasteiger partial charge in [-0.15, -0.1) is 0 Å². The summed E-state index contributed by atoms with van der Waals surface area (Å²) in [5.74, 6) is -0.541. The first kappa shape index (κ1) is 17.2. The van der Waals surface area contributed by atoms with E-state index in [1.807, 2.05) is 13.8 Å². The van der Waals surface area contributed by atoms with Crippen LogP contribution in [0.15, 0.2) is 54.7 Å². The molecule has 1 heterocycles. The molecule has 25 heavy (non-hydrogen) atoms. The number of benzene rings is 2. The van der Waals surface area contributed by atoms with E-state index in [0.717, 1.165) is 16.9 Å². The maximum absolute atomic E-state index is 13.1. The summed E-state index contributed by atoms with van der Waals surface area (Å²) in [6, 6.07) is 12.7. The lowest BCUT2D eigenvalue weighted by Gasteiger charge is -2.15. The van der Waals surface area contributed by atoms with Crippen LogP contribution < -0.4 is 5.32 Å². The Morgan fingerprint density at radius 2 is 1.88 bits per heavy atom. The van der Waals surface area contributed by atoms with Gasteiger partial charge in [0, 0.05) is 11.3 Å². The van der Waals surface area contributed by atoms with E-state index < -0.39 is 0 Å². The average Bonchev–Trinajstić information content (AvgIpc) is 2.97. The number of aromatic nitrogens is 2. The lowest BCUT2D eigenvalue weighted by molar-refractivity contribution is 0.0940. The number of nitrogens with zero attached hydrogens (tertiary/aromatic N) is 2. The molecule has 0 aliphatic carbocycles. The number of halogens is 2. The van der Waals surface area contributed by atoms with Crippen molar-refractivity contribution >= 4 is 17.5 Å². The molecule has 0 fully saturated rings. The summed E-state index contributed by atoms with van der Waals surface area (Å²) in [5, 5.41) is 7.69. The Morgan fingerprint density at radius 3 is 2.56 bits per heavy atom. The second-order valence-electron chi connectivity index (χ2n) is 5.75. The number of carbonyl (C=O) groups excluding carboxylic acids is 1. The van der Waals surface area contributed by atoms with Crippen LogP contribution in [-0.4, -0.2) is 15.7 Å². The summed E-state index contributed by atoms with van der Waals surface area (Å²) in [6.07, 6.45) is 1.70. The second-order valence-corrected chi connectivity index (χ2v) is 6.16. The Bertz CT molecular complexity index is 905. The smallest absolute Gasteiger partial charge is 0.253 e. The lowest BCUT2D eigenvalue weighted by atomic mass is 10.1. The number of carbonyl (C=O) groups is 1. The van der Waals surface area contributed by atoms with Gasteiger partial charge in [-0.25, -0.2) is 9.07 Å². The molecule has 0 aliphatic heterocycles. The zero-order valence-corrected chi connectivity index (χ0v) is 14.6. The number of hydrogen-bond acceptors (Lipinski definition) is 2. The summed E-state index contributed by atoms with van der Waals surface area (Å²) in [4.78, 5) is 12.4. The molecule has 0 saturated carbocycles. The van der Waals surface area contributed by atoms with Gasteiger partial charge in [0.25, 0.3) is 5.91 Å². The number of rotatable bonds is 4. The highest BCUT2D eigenvalue weighted by Gasteiger charge is 2.18. The lowest BCUT2D eigenvalue weighted by Crippen LogP contribution is -2.27. The molecule has 0 aliphatic rings. The minimum absolute atomic E-state index is 0.243. The molecule has 1 amide bonds. The Hall–Kier alpha value is -2.66. The van der Waals surface area contributed by atoms with Crippen LogP contribution >= 0.6 is 11.6 Å². The van der Waals surface area contributed by atoms with Crippen molar-refractivity contribution in [3.63, 3.8) is 0 Å². The third-order valence-corrected chi connectivity index (χ3v) is 4.38. The summed E-state index contributed by atoms with van der Waals surface area (Å²) >= 11 is 6.07. The van der Waals surface area contributed by atoms with Crippen LogP contribution in [-0.2, 0) is 0 Å². The van der Waals surface area contributed by atoms with E-state index in [1.54, 1.807) is 47.3 Å². The third-order valence-electron chi connectivity index (χ3n) is 4.05. The van der Waals surface area contributed by atoms with Gasteiger partial charge in [0.1, 0.15) is 5.82 Å². The van der Waals surface area contributed by atoms with Crippen molar-refractivity contribution in [1.29, 1.82) is 0 Å². The molecule has 6 heteroatoms.